The van der Waals surface area contributed by atoms with E-state index in [1.54, 1.807) is 0 Å². The molecule has 6 nitrogen and oxygen atoms in total. The largest absolute Gasteiger partial charge is 0.490 e. The van der Waals surface area contributed by atoms with Gasteiger partial charge in [0.2, 0.25) is 0 Å². The molecule has 0 unspecified atom stereocenters. The van der Waals surface area contributed by atoms with E-state index in [0.717, 1.165) is 43.1 Å². The summed E-state index contributed by atoms with van der Waals surface area (Å²) in [6, 6.07) is 16.0. The summed E-state index contributed by atoms with van der Waals surface area (Å²) in [5.74, 6) is 1.88. The zero-order valence-electron chi connectivity index (χ0n) is 15.9. The quantitative estimate of drug-likeness (QED) is 0.251. The molecule has 1 aliphatic heterocycles. The summed E-state index contributed by atoms with van der Waals surface area (Å²) in [6.45, 7) is 3.35. The van der Waals surface area contributed by atoms with Gasteiger partial charge in [0, 0.05) is 31.3 Å². The number of anilines is 1. The monoisotopic (exact) mass is 497 g/mol. The molecular formula is C21H28IN3O3. The number of nitrogens with zero attached hydrogens (tertiary/aromatic N) is 1. The standard InChI is InChI=1S/C21H27N3O3.HI/c22-21(23-11-4-12-25-15-10-17-6-2-1-3-7-17)24-18-8-9-19-20(16-18)27-14-5-13-26-19;/h1-3,6-9,16H,4-5,10-15H2,(H3,22,23,24);1H. The van der Waals surface area contributed by atoms with E-state index in [0.29, 0.717) is 32.3 Å². The number of nitrogens with one attached hydrogen (secondary N) is 1. The summed E-state index contributed by atoms with van der Waals surface area (Å²) in [5, 5.41) is 3.09. The zero-order valence-corrected chi connectivity index (χ0v) is 18.3. The van der Waals surface area contributed by atoms with Gasteiger partial charge in [0.05, 0.1) is 19.8 Å². The lowest BCUT2D eigenvalue weighted by atomic mass is 10.2. The summed E-state index contributed by atoms with van der Waals surface area (Å²) in [7, 11) is 0. The van der Waals surface area contributed by atoms with E-state index in [1.165, 1.54) is 5.56 Å². The molecule has 1 heterocycles. The topological polar surface area (TPSA) is 78.1 Å². The Morgan fingerprint density at radius 1 is 1.04 bits per heavy atom. The molecule has 2 aromatic rings. The Balaban J connectivity index is 0.00000280. The number of halogens is 1. The van der Waals surface area contributed by atoms with Crippen LogP contribution in [0.3, 0.4) is 0 Å². The van der Waals surface area contributed by atoms with Gasteiger partial charge in [-0.05, 0) is 30.5 Å². The molecule has 0 atom stereocenters. The van der Waals surface area contributed by atoms with Gasteiger partial charge in [-0.3, -0.25) is 4.99 Å². The molecule has 0 radical (unpaired) electrons. The van der Waals surface area contributed by atoms with Gasteiger partial charge in [-0.15, -0.1) is 24.0 Å². The molecule has 0 saturated carbocycles. The van der Waals surface area contributed by atoms with Crippen molar-refractivity contribution < 1.29 is 14.2 Å². The van der Waals surface area contributed by atoms with Crippen LogP contribution in [0, 0.1) is 0 Å². The number of guanidine groups is 1. The van der Waals surface area contributed by atoms with Gasteiger partial charge in [-0.1, -0.05) is 30.3 Å². The van der Waals surface area contributed by atoms with E-state index in [1.807, 2.05) is 36.4 Å². The minimum absolute atomic E-state index is 0. The molecule has 1 aliphatic rings. The first-order valence-electron chi connectivity index (χ1n) is 9.39. The number of hydrogen-bond acceptors (Lipinski definition) is 4. The summed E-state index contributed by atoms with van der Waals surface area (Å²) in [6.07, 6.45) is 2.64. The number of fused-ring (bicyclic) bond motifs is 1. The Morgan fingerprint density at radius 3 is 2.64 bits per heavy atom. The Bertz CT molecular complexity index is 741. The summed E-state index contributed by atoms with van der Waals surface area (Å²) in [4.78, 5) is 4.34. The van der Waals surface area contributed by atoms with Gasteiger partial charge in [0.25, 0.3) is 0 Å². The van der Waals surface area contributed by atoms with Crippen LogP contribution < -0.4 is 20.5 Å². The van der Waals surface area contributed by atoms with Gasteiger partial charge < -0.3 is 25.3 Å². The highest BCUT2D eigenvalue weighted by atomic mass is 127. The predicted octanol–water partition coefficient (Wildman–Crippen LogP) is 3.84. The molecule has 3 N–H and O–H groups in total. The van der Waals surface area contributed by atoms with E-state index in [2.05, 4.69) is 22.4 Å². The van der Waals surface area contributed by atoms with Gasteiger partial charge in [-0.25, -0.2) is 0 Å². The maximum absolute atomic E-state index is 5.96. The second-order valence-electron chi connectivity index (χ2n) is 6.31. The highest BCUT2D eigenvalue weighted by molar-refractivity contribution is 14.0. The van der Waals surface area contributed by atoms with E-state index in [-0.39, 0.29) is 24.0 Å². The molecule has 0 spiro atoms. The Labute approximate surface area is 183 Å². The van der Waals surface area contributed by atoms with Crippen LogP contribution in [0.2, 0.25) is 0 Å². The highest BCUT2D eigenvalue weighted by Crippen LogP contribution is 2.32. The van der Waals surface area contributed by atoms with Crippen molar-refractivity contribution in [3.63, 3.8) is 0 Å². The SMILES string of the molecule is I.NC(=NCCCOCCc1ccccc1)Nc1ccc2c(c1)OCCCO2. The molecule has 0 aliphatic carbocycles. The molecule has 0 bridgehead atoms. The van der Waals surface area contributed by atoms with Crippen molar-refractivity contribution in [1.82, 2.24) is 0 Å². The fourth-order valence-electron chi connectivity index (χ4n) is 2.73. The molecule has 3 rings (SSSR count). The first-order valence-corrected chi connectivity index (χ1v) is 9.39. The van der Waals surface area contributed by atoms with E-state index in [9.17, 15) is 0 Å². The minimum Gasteiger partial charge on any atom is -0.490 e. The summed E-state index contributed by atoms with van der Waals surface area (Å²) in [5.41, 5.74) is 8.08. The predicted molar refractivity (Wildman–Crippen MR) is 123 cm³/mol. The van der Waals surface area contributed by atoms with Crippen LogP contribution in [0.5, 0.6) is 11.5 Å². The van der Waals surface area contributed by atoms with Crippen molar-refractivity contribution in [3.05, 3.63) is 54.1 Å². The van der Waals surface area contributed by atoms with Crippen molar-refractivity contribution in [1.29, 1.82) is 0 Å². The van der Waals surface area contributed by atoms with Crippen LogP contribution in [-0.4, -0.2) is 38.9 Å². The van der Waals surface area contributed by atoms with Crippen molar-refractivity contribution in [2.45, 2.75) is 19.3 Å². The van der Waals surface area contributed by atoms with Crippen LogP contribution in [0.4, 0.5) is 5.69 Å². The van der Waals surface area contributed by atoms with E-state index >= 15 is 0 Å². The number of hydrogen-bond donors (Lipinski definition) is 2. The van der Waals surface area contributed by atoms with Gasteiger partial charge in [0.1, 0.15) is 0 Å². The van der Waals surface area contributed by atoms with Crippen LogP contribution in [0.1, 0.15) is 18.4 Å². The van der Waals surface area contributed by atoms with Gasteiger partial charge >= 0.3 is 0 Å². The fraction of sp³-hybridized carbons (Fsp3) is 0.381. The average Bonchev–Trinajstić information content (AvgIpc) is 2.93. The first-order chi connectivity index (χ1) is 13.3. The van der Waals surface area contributed by atoms with Crippen LogP contribution >= 0.6 is 24.0 Å². The molecule has 0 amide bonds. The first kappa shape index (κ1) is 22.3. The lowest BCUT2D eigenvalue weighted by molar-refractivity contribution is 0.136. The number of rotatable bonds is 8. The molecule has 2 aromatic carbocycles. The fourth-order valence-corrected chi connectivity index (χ4v) is 2.73. The van der Waals surface area contributed by atoms with Crippen LogP contribution in [0.25, 0.3) is 0 Å². The van der Waals surface area contributed by atoms with Crippen LogP contribution in [0.15, 0.2) is 53.5 Å². The summed E-state index contributed by atoms with van der Waals surface area (Å²) >= 11 is 0. The van der Waals surface area contributed by atoms with Crippen molar-refractivity contribution in [2.24, 2.45) is 10.7 Å². The Kier molecular flexibility index (Phi) is 9.92. The van der Waals surface area contributed by atoms with E-state index in [4.69, 9.17) is 19.9 Å². The third-order valence-corrected chi connectivity index (χ3v) is 4.13. The van der Waals surface area contributed by atoms with E-state index < -0.39 is 0 Å². The molecule has 152 valence electrons. The van der Waals surface area contributed by atoms with Crippen LogP contribution in [-0.2, 0) is 11.2 Å². The highest BCUT2D eigenvalue weighted by Gasteiger charge is 2.10. The number of nitrogens with two attached hydrogens (primary N) is 1. The normalized spacial score (nSPS) is 13.4. The molecule has 0 aromatic heterocycles. The minimum atomic E-state index is 0. The number of benzene rings is 2. The Morgan fingerprint density at radius 2 is 1.82 bits per heavy atom. The molecule has 7 heteroatoms. The molecule has 0 saturated heterocycles. The maximum atomic E-state index is 5.96. The molecule has 0 fully saturated rings. The Hall–Kier alpha value is -2.00. The van der Waals surface area contributed by atoms with Crippen molar-refractivity contribution >= 4 is 35.6 Å². The maximum Gasteiger partial charge on any atom is 0.193 e. The smallest absolute Gasteiger partial charge is 0.193 e. The third kappa shape index (κ3) is 7.55. The van der Waals surface area contributed by atoms with Gasteiger partial charge in [-0.2, -0.15) is 0 Å². The number of ether oxygens (including phenoxy) is 3. The lowest BCUT2D eigenvalue weighted by Crippen LogP contribution is -2.23. The average molecular weight is 497 g/mol. The lowest BCUT2D eigenvalue weighted by Gasteiger charge is -2.10. The van der Waals surface area contributed by atoms with Gasteiger partial charge in [0.15, 0.2) is 17.5 Å². The molecular weight excluding hydrogens is 469 g/mol. The summed E-state index contributed by atoms with van der Waals surface area (Å²) < 4.78 is 16.9. The van der Waals surface area contributed by atoms with Crippen molar-refractivity contribution in [2.75, 3.05) is 38.3 Å². The second kappa shape index (κ2) is 12.5. The zero-order chi connectivity index (χ0) is 18.7. The third-order valence-electron chi connectivity index (χ3n) is 4.13. The van der Waals surface area contributed by atoms with Crippen molar-refractivity contribution in [3.8, 4) is 11.5 Å². The second-order valence-corrected chi connectivity index (χ2v) is 6.31. The number of aliphatic imine (C=N–C) groups is 1. The molecule has 28 heavy (non-hydrogen) atoms.